The standard InChI is InChI=1S/C19H23N5O3/c1-23-11-13(10-20-23)18(12-8-14(25)9-12)22-17(26)6-7-24-16-5-3-2-4-15(16)21-19(24)27/h2-5,10-12,14,18,25H,6-9H2,1H3,(H,21,27)(H,22,26)/t12?,14?,18-/m1/s1. The summed E-state index contributed by atoms with van der Waals surface area (Å²) in [6.45, 7) is 0.307. The van der Waals surface area contributed by atoms with E-state index in [4.69, 9.17) is 0 Å². The van der Waals surface area contributed by atoms with Gasteiger partial charge in [0.2, 0.25) is 5.91 Å². The number of fused-ring (bicyclic) bond motifs is 1. The molecule has 1 aromatic carbocycles. The van der Waals surface area contributed by atoms with Crippen molar-refractivity contribution < 1.29 is 9.90 Å². The van der Waals surface area contributed by atoms with E-state index in [0.29, 0.717) is 19.4 Å². The molecule has 27 heavy (non-hydrogen) atoms. The molecule has 0 saturated heterocycles. The number of para-hydroxylation sites is 2. The Hall–Kier alpha value is -2.87. The van der Waals surface area contributed by atoms with Gasteiger partial charge in [-0.15, -0.1) is 0 Å². The molecule has 0 bridgehead atoms. The Morgan fingerprint density at radius 2 is 2.19 bits per heavy atom. The molecule has 0 radical (unpaired) electrons. The highest BCUT2D eigenvalue weighted by Crippen LogP contribution is 2.38. The van der Waals surface area contributed by atoms with Gasteiger partial charge in [-0.2, -0.15) is 5.10 Å². The normalized spacial score (nSPS) is 20.4. The van der Waals surface area contributed by atoms with Crippen molar-refractivity contribution in [1.82, 2.24) is 24.6 Å². The third-order valence-electron chi connectivity index (χ3n) is 5.27. The summed E-state index contributed by atoms with van der Waals surface area (Å²) in [6.07, 6.45) is 4.88. The van der Waals surface area contributed by atoms with Crippen LogP contribution in [0.3, 0.4) is 0 Å². The summed E-state index contributed by atoms with van der Waals surface area (Å²) in [5.74, 6) is 0.0754. The van der Waals surface area contributed by atoms with Crippen molar-refractivity contribution in [2.24, 2.45) is 13.0 Å². The SMILES string of the molecule is Cn1cc([C@H](NC(=O)CCn2c(=O)[nH]c3ccccc32)C2CC(O)C2)cn1. The zero-order chi connectivity index (χ0) is 19.0. The molecule has 2 aromatic heterocycles. The van der Waals surface area contributed by atoms with Gasteiger partial charge in [0, 0.05) is 31.8 Å². The maximum Gasteiger partial charge on any atom is 0.326 e. The van der Waals surface area contributed by atoms with Crippen LogP contribution in [0.1, 0.15) is 30.9 Å². The highest BCUT2D eigenvalue weighted by Gasteiger charge is 2.36. The van der Waals surface area contributed by atoms with E-state index in [2.05, 4.69) is 15.4 Å². The number of benzene rings is 1. The number of hydrogen-bond acceptors (Lipinski definition) is 4. The molecule has 8 heteroatoms. The Labute approximate surface area is 155 Å². The van der Waals surface area contributed by atoms with Crippen LogP contribution in [0.4, 0.5) is 0 Å². The van der Waals surface area contributed by atoms with Crippen LogP contribution < -0.4 is 11.0 Å². The highest BCUT2D eigenvalue weighted by molar-refractivity contribution is 5.77. The molecule has 1 atom stereocenters. The summed E-state index contributed by atoms with van der Waals surface area (Å²) >= 11 is 0. The van der Waals surface area contributed by atoms with Crippen LogP contribution in [0.5, 0.6) is 0 Å². The molecular formula is C19H23N5O3. The number of nitrogens with zero attached hydrogens (tertiary/aromatic N) is 3. The first-order chi connectivity index (χ1) is 13.0. The number of nitrogens with one attached hydrogen (secondary N) is 2. The fraction of sp³-hybridized carbons (Fsp3) is 0.421. The van der Waals surface area contributed by atoms with Gasteiger partial charge in [-0.25, -0.2) is 4.79 Å². The van der Waals surface area contributed by atoms with Crippen LogP contribution in [-0.2, 0) is 18.4 Å². The maximum atomic E-state index is 12.6. The second-order valence-corrected chi connectivity index (χ2v) is 7.23. The predicted octanol–water partition coefficient (Wildman–Crippen LogP) is 1.08. The molecular weight excluding hydrogens is 346 g/mol. The minimum Gasteiger partial charge on any atom is -0.393 e. The van der Waals surface area contributed by atoms with Gasteiger partial charge in [0.1, 0.15) is 0 Å². The quantitative estimate of drug-likeness (QED) is 0.605. The topological polar surface area (TPSA) is 105 Å². The minimum atomic E-state index is -0.295. The zero-order valence-corrected chi connectivity index (χ0v) is 15.1. The third-order valence-corrected chi connectivity index (χ3v) is 5.27. The minimum absolute atomic E-state index is 0.123. The number of carbonyl (C=O) groups is 1. The third kappa shape index (κ3) is 3.52. The van der Waals surface area contributed by atoms with Gasteiger partial charge < -0.3 is 15.4 Å². The van der Waals surface area contributed by atoms with Crippen LogP contribution in [0.15, 0.2) is 41.5 Å². The number of aliphatic hydroxyl groups is 1. The van der Waals surface area contributed by atoms with Gasteiger partial charge >= 0.3 is 5.69 Å². The van der Waals surface area contributed by atoms with Crippen LogP contribution in [0.25, 0.3) is 11.0 Å². The lowest BCUT2D eigenvalue weighted by molar-refractivity contribution is -0.123. The van der Waals surface area contributed by atoms with Gasteiger partial charge in [-0.05, 0) is 30.9 Å². The smallest absolute Gasteiger partial charge is 0.326 e. The largest absolute Gasteiger partial charge is 0.393 e. The summed E-state index contributed by atoms with van der Waals surface area (Å²) in [5, 5.41) is 16.9. The van der Waals surface area contributed by atoms with Crippen molar-refractivity contribution in [2.75, 3.05) is 0 Å². The van der Waals surface area contributed by atoms with Crippen molar-refractivity contribution in [3.8, 4) is 0 Å². The highest BCUT2D eigenvalue weighted by atomic mass is 16.3. The van der Waals surface area contributed by atoms with Crippen LogP contribution >= 0.6 is 0 Å². The Balaban J connectivity index is 1.45. The molecule has 142 valence electrons. The second kappa shape index (κ2) is 7.03. The van der Waals surface area contributed by atoms with E-state index in [1.54, 1.807) is 15.4 Å². The number of hydrogen-bond donors (Lipinski definition) is 3. The van der Waals surface area contributed by atoms with E-state index >= 15 is 0 Å². The monoisotopic (exact) mass is 369 g/mol. The summed E-state index contributed by atoms with van der Waals surface area (Å²) in [4.78, 5) is 27.5. The molecule has 1 saturated carbocycles. The Morgan fingerprint density at radius 3 is 2.89 bits per heavy atom. The number of H-pyrrole nitrogens is 1. The molecule has 3 N–H and O–H groups in total. The number of imidazole rings is 1. The van der Waals surface area contributed by atoms with Crippen molar-refractivity contribution in [3.63, 3.8) is 0 Å². The van der Waals surface area contributed by atoms with Crippen LogP contribution in [0.2, 0.25) is 0 Å². The van der Waals surface area contributed by atoms with E-state index in [9.17, 15) is 14.7 Å². The molecule has 1 aliphatic rings. The summed E-state index contributed by atoms with van der Waals surface area (Å²) < 4.78 is 3.29. The summed E-state index contributed by atoms with van der Waals surface area (Å²) in [6, 6.07) is 7.26. The van der Waals surface area contributed by atoms with E-state index in [-0.39, 0.29) is 36.1 Å². The first kappa shape index (κ1) is 17.5. The second-order valence-electron chi connectivity index (χ2n) is 7.23. The molecule has 1 aliphatic carbocycles. The summed E-state index contributed by atoms with van der Waals surface area (Å²) in [5.41, 5.74) is 2.28. The molecule has 0 spiro atoms. The number of aryl methyl sites for hydroxylation is 2. The van der Waals surface area contributed by atoms with Gasteiger partial charge in [0.05, 0.1) is 29.4 Å². The first-order valence-corrected chi connectivity index (χ1v) is 9.15. The van der Waals surface area contributed by atoms with E-state index in [1.807, 2.05) is 37.5 Å². The lowest BCUT2D eigenvalue weighted by atomic mass is 9.75. The lowest BCUT2D eigenvalue weighted by Crippen LogP contribution is -2.41. The molecule has 1 amide bonds. The number of carbonyl (C=O) groups excluding carboxylic acids is 1. The molecule has 8 nitrogen and oxygen atoms in total. The Bertz CT molecular complexity index is 1010. The molecule has 3 aromatic rings. The lowest BCUT2D eigenvalue weighted by Gasteiger charge is -2.37. The Morgan fingerprint density at radius 1 is 1.41 bits per heavy atom. The molecule has 0 aliphatic heterocycles. The average Bonchev–Trinajstić information content (AvgIpc) is 3.18. The fourth-order valence-corrected chi connectivity index (χ4v) is 3.76. The number of aromatic amines is 1. The summed E-state index contributed by atoms with van der Waals surface area (Å²) in [7, 11) is 1.83. The van der Waals surface area contributed by atoms with E-state index in [0.717, 1.165) is 16.6 Å². The van der Waals surface area contributed by atoms with Crippen molar-refractivity contribution in [1.29, 1.82) is 0 Å². The number of aromatic nitrogens is 4. The molecule has 0 unspecified atom stereocenters. The van der Waals surface area contributed by atoms with Crippen LogP contribution in [-0.4, -0.2) is 36.4 Å². The number of aliphatic hydroxyl groups excluding tert-OH is 1. The molecule has 2 heterocycles. The Kier molecular flexibility index (Phi) is 4.57. The molecule has 1 fully saturated rings. The van der Waals surface area contributed by atoms with E-state index < -0.39 is 0 Å². The van der Waals surface area contributed by atoms with Gasteiger partial charge in [-0.1, -0.05) is 12.1 Å². The fourth-order valence-electron chi connectivity index (χ4n) is 3.76. The maximum absolute atomic E-state index is 12.6. The average molecular weight is 369 g/mol. The van der Waals surface area contributed by atoms with Gasteiger partial charge in [0.15, 0.2) is 0 Å². The predicted molar refractivity (Wildman–Crippen MR) is 100.0 cm³/mol. The van der Waals surface area contributed by atoms with E-state index in [1.165, 1.54) is 0 Å². The first-order valence-electron chi connectivity index (χ1n) is 9.15. The van der Waals surface area contributed by atoms with Crippen molar-refractivity contribution >= 4 is 16.9 Å². The number of amides is 1. The van der Waals surface area contributed by atoms with Gasteiger partial charge in [0.25, 0.3) is 0 Å². The zero-order valence-electron chi connectivity index (χ0n) is 15.1. The number of rotatable bonds is 6. The molecule has 4 rings (SSSR count). The van der Waals surface area contributed by atoms with Crippen molar-refractivity contribution in [2.45, 2.75) is 38.0 Å². The van der Waals surface area contributed by atoms with Gasteiger partial charge in [-0.3, -0.25) is 14.0 Å². The van der Waals surface area contributed by atoms with Crippen LogP contribution in [0, 0.1) is 5.92 Å². The van der Waals surface area contributed by atoms with Crippen molar-refractivity contribution in [3.05, 3.63) is 52.7 Å².